The standard InChI is InChI=1S/C15H27N5O7/c1-7(2)12(20-13(24)8(16)3-4-10(17)22)14(25)18-5-11(23)19-9(6-21)15(26)27/h7-9,12,21H,3-6,16H2,1-2H3,(H2,17,22)(H,18,25)(H,19,23)(H,20,24)(H,26,27). The second-order valence-corrected chi connectivity index (χ2v) is 6.20. The van der Waals surface area contributed by atoms with E-state index in [1.165, 1.54) is 0 Å². The molecule has 0 spiro atoms. The molecule has 0 heterocycles. The highest BCUT2D eigenvalue weighted by molar-refractivity contribution is 5.92. The van der Waals surface area contributed by atoms with Gasteiger partial charge in [-0.2, -0.15) is 0 Å². The Bertz CT molecular complexity index is 567. The minimum Gasteiger partial charge on any atom is -0.480 e. The number of aliphatic carboxylic acids is 1. The number of nitrogens with one attached hydrogen (secondary N) is 3. The summed E-state index contributed by atoms with van der Waals surface area (Å²) in [7, 11) is 0. The van der Waals surface area contributed by atoms with Gasteiger partial charge >= 0.3 is 5.97 Å². The summed E-state index contributed by atoms with van der Waals surface area (Å²) in [6.07, 6.45) is -0.0589. The number of carbonyl (C=O) groups excluding carboxylic acids is 4. The van der Waals surface area contributed by atoms with Crippen LogP contribution in [-0.2, 0) is 24.0 Å². The van der Waals surface area contributed by atoms with Crippen molar-refractivity contribution in [3.63, 3.8) is 0 Å². The molecule has 0 rings (SSSR count). The van der Waals surface area contributed by atoms with Crippen LogP contribution in [0.25, 0.3) is 0 Å². The van der Waals surface area contributed by atoms with Crippen LogP contribution in [0.1, 0.15) is 26.7 Å². The van der Waals surface area contributed by atoms with E-state index in [0.717, 1.165) is 0 Å². The van der Waals surface area contributed by atoms with Crippen LogP contribution in [0, 0.1) is 5.92 Å². The summed E-state index contributed by atoms with van der Waals surface area (Å²) in [6, 6.07) is -3.52. The summed E-state index contributed by atoms with van der Waals surface area (Å²) in [4.78, 5) is 57.4. The normalized spacial score (nSPS) is 14.0. The molecule has 0 aromatic rings. The first-order valence-corrected chi connectivity index (χ1v) is 8.24. The summed E-state index contributed by atoms with van der Waals surface area (Å²) in [5.74, 6) is -4.52. The highest BCUT2D eigenvalue weighted by Crippen LogP contribution is 2.03. The van der Waals surface area contributed by atoms with Gasteiger partial charge in [-0.1, -0.05) is 13.8 Å². The van der Waals surface area contributed by atoms with Crippen molar-refractivity contribution in [3.8, 4) is 0 Å². The summed E-state index contributed by atoms with van der Waals surface area (Å²) in [6.45, 7) is 1.97. The van der Waals surface area contributed by atoms with E-state index < -0.39 is 60.9 Å². The second kappa shape index (κ2) is 11.8. The number of hydrogen-bond acceptors (Lipinski definition) is 7. The van der Waals surface area contributed by atoms with Gasteiger partial charge in [0.15, 0.2) is 0 Å². The van der Waals surface area contributed by atoms with Crippen molar-refractivity contribution >= 4 is 29.6 Å². The fourth-order valence-electron chi connectivity index (χ4n) is 1.93. The van der Waals surface area contributed by atoms with E-state index in [9.17, 15) is 24.0 Å². The summed E-state index contributed by atoms with van der Waals surface area (Å²) in [5, 5.41) is 24.3. The molecule has 12 nitrogen and oxygen atoms in total. The Morgan fingerprint density at radius 3 is 2.07 bits per heavy atom. The highest BCUT2D eigenvalue weighted by Gasteiger charge is 2.27. The monoisotopic (exact) mass is 389 g/mol. The predicted octanol–water partition coefficient (Wildman–Crippen LogP) is -3.60. The van der Waals surface area contributed by atoms with Crippen molar-refractivity contribution in [1.29, 1.82) is 0 Å². The molecule has 9 N–H and O–H groups in total. The van der Waals surface area contributed by atoms with E-state index in [4.69, 9.17) is 21.7 Å². The van der Waals surface area contributed by atoms with E-state index >= 15 is 0 Å². The number of nitrogens with two attached hydrogens (primary N) is 2. The van der Waals surface area contributed by atoms with Crippen LogP contribution in [0.2, 0.25) is 0 Å². The maximum Gasteiger partial charge on any atom is 0.328 e. The molecule has 27 heavy (non-hydrogen) atoms. The Kier molecular flexibility index (Phi) is 10.6. The lowest BCUT2D eigenvalue weighted by Gasteiger charge is -2.23. The number of aliphatic hydroxyl groups is 1. The number of primary amides is 1. The molecule has 0 aliphatic rings. The molecular weight excluding hydrogens is 362 g/mol. The van der Waals surface area contributed by atoms with Crippen LogP contribution < -0.4 is 27.4 Å². The zero-order chi connectivity index (χ0) is 21.1. The van der Waals surface area contributed by atoms with Crippen LogP contribution in [0.4, 0.5) is 0 Å². The summed E-state index contributed by atoms with van der Waals surface area (Å²) < 4.78 is 0. The van der Waals surface area contributed by atoms with Crippen molar-refractivity contribution in [2.75, 3.05) is 13.2 Å². The van der Waals surface area contributed by atoms with Crippen LogP contribution >= 0.6 is 0 Å². The highest BCUT2D eigenvalue weighted by atomic mass is 16.4. The van der Waals surface area contributed by atoms with Crippen LogP contribution in [0.15, 0.2) is 0 Å². The largest absolute Gasteiger partial charge is 0.480 e. The molecular formula is C15H27N5O7. The maximum absolute atomic E-state index is 12.2. The quantitative estimate of drug-likeness (QED) is 0.176. The van der Waals surface area contributed by atoms with Crippen LogP contribution in [0.3, 0.4) is 0 Å². The molecule has 0 bridgehead atoms. The number of rotatable bonds is 12. The van der Waals surface area contributed by atoms with Gasteiger partial charge in [-0.3, -0.25) is 19.2 Å². The van der Waals surface area contributed by atoms with Gasteiger partial charge in [0.25, 0.3) is 0 Å². The predicted molar refractivity (Wildman–Crippen MR) is 92.8 cm³/mol. The van der Waals surface area contributed by atoms with Gasteiger partial charge in [-0.15, -0.1) is 0 Å². The molecule has 0 radical (unpaired) electrons. The second-order valence-electron chi connectivity index (χ2n) is 6.20. The fourth-order valence-corrected chi connectivity index (χ4v) is 1.93. The number of carboxylic acid groups (broad SMARTS) is 1. The lowest BCUT2D eigenvalue weighted by molar-refractivity contribution is -0.142. The van der Waals surface area contributed by atoms with E-state index in [0.29, 0.717) is 0 Å². The van der Waals surface area contributed by atoms with E-state index in [2.05, 4.69) is 10.6 Å². The smallest absolute Gasteiger partial charge is 0.328 e. The number of carboxylic acids is 1. The first-order chi connectivity index (χ1) is 12.5. The Morgan fingerprint density at radius 2 is 1.63 bits per heavy atom. The maximum atomic E-state index is 12.2. The number of aliphatic hydroxyl groups excluding tert-OH is 1. The van der Waals surface area contributed by atoms with Gasteiger partial charge in [-0.05, 0) is 12.3 Å². The first-order valence-electron chi connectivity index (χ1n) is 8.24. The van der Waals surface area contributed by atoms with E-state index in [1.807, 2.05) is 5.32 Å². The molecule has 0 saturated heterocycles. The zero-order valence-corrected chi connectivity index (χ0v) is 15.2. The molecule has 3 atom stereocenters. The van der Waals surface area contributed by atoms with Crippen molar-refractivity contribution in [3.05, 3.63) is 0 Å². The minimum atomic E-state index is -1.49. The third-order valence-electron chi connectivity index (χ3n) is 3.52. The Morgan fingerprint density at radius 1 is 1.04 bits per heavy atom. The van der Waals surface area contributed by atoms with Crippen molar-refractivity contribution < 1.29 is 34.2 Å². The molecule has 0 fully saturated rings. The lowest BCUT2D eigenvalue weighted by Crippen LogP contribution is -2.55. The molecule has 154 valence electrons. The van der Waals surface area contributed by atoms with Gasteiger partial charge < -0.3 is 37.6 Å². The first kappa shape index (κ1) is 24.3. The number of carbonyl (C=O) groups is 5. The molecule has 0 aliphatic heterocycles. The fraction of sp³-hybridized carbons (Fsp3) is 0.667. The topological polar surface area (TPSA) is 214 Å². The molecule has 4 amide bonds. The van der Waals surface area contributed by atoms with Crippen LogP contribution in [0.5, 0.6) is 0 Å². The zero-order valence-electron chi connectivity index (χ0n) is 15.2. The summed E-state index contributed by atoms with van der Waals surface area (Å²) >= 11 is 0. The third-order valence-corrected chi connectivity index (χ3v) is 3.52. The molecule has 0 saturated carbocycles. The molecule has 0 aliphatic carbocycles. The molecule has 0 aromatic carbocycles. The van der Waals surface area contributed by atoms with Gasteiger partial charge in [0.2, 0.25) is 23.6 Å². The average Bonchev–Trinajstić information content (AvgIpc) is 2.58. The van der Waals surface area contributed by atoms with Crippen molar-refractivity contribution in [2.45, 2.75) is 44.8 Å². The minimum absolute atomic E-state index is 0.0216. The van der Waals surface area contributed by atoms with Gasteiger partial charge in [-0.25, -0.2) is 4.79 Å². The SMILES string of the molecule is CC(C)C(NC(=O)C(N)CCC(N)=O)C(=O)NCC(=O)NC(CO)C(=O)O. The average molecular weight is 389 g/mol. The van der Waals surface area contributed by atoms with Crippen LogP contribution in [-0.4, -0.2) is 71.1 Å². The van der Waals surface area contributed by atoms with E-state index in [1.54, 1.807) is 13.8 Å². The van der Waals surface area contributed by atoms with Crippen molar-refractivity contribution in [2.24, 2.45) is 17.4 Å². The number of amides is 4. The Balaban J connectivity index is 4.67. The number of hydrogen-bond donors (Lipinski definition) is 7. The van der Waals surface area contributed by atoms with Crippen molar-refractivity contribution in [1.82, 2.24) is 16.0 Å². The molecule has 12 heteroatoms. The molecule has 3 unspecified atom stereocenters. The lowest BCUT2D eigenvalue weighted by atomic mass is 10.0. The Hall–Kier alpha value is -2.73. The third kappa shape index (κ3) is 9.51. The summed E-state index contributed by atoms with van der Waals surface area (Å²) in [5.41, 5.74) is 10.6. The van der Waals surface area contributed by atoms with E-state index in [-0.39, 0.29) is 18.8 Å². The van der Waals surface area contributed by atoms with Gasteiger partial charge in [0, 0.05) is 6.42 Å². The van der Waals surface area contributed by atoms with Gasteiger partial charge in [0.05, 0.1) is 19.2 Å². The Labute approximate surface area is 156 Å². The van der Waals surface area contributed by atoms with Gasteiger partial charge in [0.1, 0.15) is 12.1 Å². The molecule has 0 aromatic heterocycles.